The van der Waals surface area contributed by atoms with Crippen molar-refractivity contribution < 1.29 is 0 Å². The largest absolute Gasteiger partial charge is 0.0925 e. The van der Waals surface area contributed by atoms with Crippen LogP contribution in [0.3, 0.4) is 0 Å². The molecule has 1 unspecified atom stereocenters. The molecule has 0 fully saturated rings. The van der Waals surface area contributed by atoms with Gasteiger partial charge in [0.2, 0.25) is 0 Å². The second-order valence-corrected chi connectivity index (χ2v) is 6.86. The third-order valence-electron chi connectivity index (χ3n) is 4.45. The van der Waals surface area contributed by atoms with Gasteiger partial charge in [0.05, 0.1) is 0 Å². The fraction of sp³-hybridized carbons (Fsp3) is 1.00. The van der Waals surface area contributed by atoms with Crippen LogP contribution in [0, 0.1) is 11.8 Å². The summed E-state index contributed by atoms with van der Waals surface area (Å²) in [5.74, 6) is 1.93. The number of unbranched alkanes of at least 4 members (excludes halogenated alkanes) is 4. The van der Waals surface area contributed by atoms with Crippen molar-refractivity contribution in [3.8, 4) is 0 Å². The molecule has 0 rings (SSSR count). The van der Waals surface area contributed by atoms with Crippen LogP contribution >= 0.6 is 15.9 Å². The Balaban J connectivity index is 3.81. The highest BCUT2D eigenvalue weighted by molar-refractivity contribution is 9.09. The molecule has 0 N–H and O–H groups in total. The Kier molecular flexibility index (Phi) is 15.3. The van der Waals surface area contributed by atoms with Crippen molar-refractivity contribution in [2.24, 2.45) is 11.8 Å². The van der Waals surface area contributed by atoms with Crippen molar-refractivity contribution in [3.63, 3.8) is 0 Å². The van der Waals surface area contributed by atoms with Gasteiger partial charge in [-0.3, -0.25) is 0 Å². The van der Waals surface area contributed by atoms with E-state index in [9.17, 15) is 0 Å². The standard InChI is InChI=1S/C18H37Br/c1-4-7-9-12-18(13-10-8-5-2)15-11-14-17(6-3)16-19/h17-18H,4-16H2,1-3H3. The lowest BCUT2D eigenvalue weighted by Crippen LogP contribution is -2.05. The van der Waals surface area contributed by atoms with Gasteiger partial charge in [0.1, 0.15) is 0 Å². The Hall–Kier alpha value is 0.480. The first-order valence-corrected chi connectivity index (χ1v) is 9.96. The quantitative estimate of drug-likeness (QED) is 0.230. The monoisotopic (exact) mass is 332 g/mol. The van der Waals surface area contributed by atoms with Crippen molar-refractivity contribution in [3.05, 3.63) is 0 Å². The Morgan fingerprint density at radius 3 is 1.53 bits per heavy atom. The molecule has 0 amide bonds. The molecule has 1 atom stereocenters. The highest BCUT2D eigenvalue weighted by Gasteiger charge is 2.10. The summed E-state index contributed by atoms with van der Waals surface area (Å²) >= 11 is 3.65. The summed E-state index contributed by atoms with van der Waals surface area (Å²) in [5, 5.41) is 1.19. The number of halogens is 1. The molecule has 0 nitrogen and oxygen atoms in total. The van der Waals surface area contributed by atoms with Crippen LogP contribution in [0.5, 0.6) is 0 Å². The van der Waals surface area contributed by atoms with Crippen LogP contribution in [0.15, 0.2) is 0 Å². The van der Waals surface area contributed by atoms with Crippen molar-refractivity contribution in [1.82, 2.24) is 0 Å². The fourth-order valence-corrected chi connectivity index (χ4v) is 3.67. The first-order chi connectivity index (χ1) is 9.28. The van der Waals surface area contributed by atoms with Gasteiger partial charge in [-0.2, -0.15) is 0 Å². The maximum atomic E-state index is 3.65. The van der Waals surface area contributed by atoms with Crippen molar-refractivity contribution in [1.29, 1.82) is 0 Å². The highest BCUT2D eigenvalue weighted by Crippen LogP contribution is 2.25. The molecule has 0 spiro atoms. The van der Waals surface area contributed by atoms with Gasteiger partial charge < -0.3 is 0 Å². The van der Waals surface area contributed by atoms with Crippen LogP contribution in [-0.4, -0.2) is 5.33 Å². The Morgan fingerprint density at radius 2 is 1.11 bits per heavy atom. The Morgan fingerprint density at radius 1 is 0.632 bits per heavy atom. The molecule has 0 aromatic rings. The SMILES string of the molecule is CCCCCC(CCCCC)CCCC(CC)CBr. The fourth-order valence-electron chi connectivity index (χ4n) is 2.88. The van der Waals surface area contributed by atoms with Crippen molar-refractivity contribution >= 4 is 15.9 Å². The molecule has 0 heterocycles. The maximum Gasteiger partial charge on any atom is 0.00595 e. The van der Waals surface area contributed by atoms with Crippen LogP contribution in [0.4, 0.5) is 0 Å². The molecule has 1 heteroatoms. The summed E-state index contributed by atoms with van der Waals surface area (Å²) in [6, 6.07) is 0. The summed E-state index contributed by atoms with van der Waals surface area (Å²) in [5.41, 5.74) is 0. The first-order valence-electron chi connectivity index (χ1n) is 8.84. The van der Waals surface area contributed by atoms with Gasteiger partial charge in [0.15, 0.2) is 0 Å². The summed E-state index contributed by atoms with van der Waals surface area (Å²) in [6.07, 6.45) is 17.2. The lowest BCUT2D eigenvalue weighted by Gasteiger charge is -2.18. The van der Waals surface area contributed by atoms with Gasteiger partial charge in [-0.05, 0) is 18.3 Å². The number of alkyl halides is 1. The van der Waals surface area contributed by atoms with E-state index in [0.717, 1.165) is 11.8 Å². The second kappa shape index (κ2) is 14.9. The summed E-state index contributed by atoms with van der Waals surface area (Å²) in [4.78, 5) is 0. The molecule has 0 bridgehead atoms. The predicted octanol–water partition coefficient (Wildman–Crippen LogP) is 7.35. The minimum atomic E-state index is 0.909. The van der Waals surface area contributed by atoms with Gasteiger partial charge in [-0.1, -0.05) is 107 Å². The molecule has 116 valence electrons. The first kappa shape index (κ1) is 19.5. The summed E-state index contributed by atoms with van der Waals surface area (Å²) in [6.45, 7) is 6.95. The van der Waals surface area contributed by atoms with E-state index in [-0.39, 0.29) is 0 Å². The highest BCUT2D eigenvalue weighted by atomic mass is 79.9. The molecule has 0 saturated carbocycles. The molecular formula is C18H37Br. The van der Waals surface area contributed by atoms with E-state index in [1.807, 2.05) is 0 Å². The van der Waals surface area contributed by atoms with Crippen molar-refractivity contribution in [2.45, 2.75) is 97.8 Å². The second-order valence-electron chi connectivity index (χ2n) is 6.22. The molecule has 0 aromatic carbocycles. The smallest absolute Gasteiger partial charge is 0.00595 e. The average Bonchev–Trinajstić information content (AvgIpc) is 2.43. The summed E-state index contributed by atoms with van der Waals surface area (Å²) in [7, 11) is 0. The Labute approximate surface area is 131 Å². The van der Waals surface area contributed by atoms with E-state index >= 15 is 0 Å². The van der Waals surface area contributed by atoms with E-state index in [4.69, 9.17) is 0 Å². The van der Waals surface area contributed by atoms with E-state index in [1.165, 1.54) is 82.4 Å². The Bertz CT molecular complexity index is 153. The molecule has 0 aliphatic rings. The van der Waals surface area contributed by atoms with Crippen molar-refractivity contribution in [2.75, 3.05) is 5.33 Å². The predicted molar refractivity (Wildman–Crippen MR) is 93.2 cm³/mol. The van der Waals surface area contributed by atoms with E-state index in [1.54, 1.807) is 0 Å². The van der Waals surface area contributed by atoms with Crippen LogP contribution in [-0.2, 0) is 0 Å². The van der Waals surface area contributed by atoms with Gasteiger partial charge in [-0.15, -0.1) is 0 Å². The van der Waals surface area contributed by atoms with Gasteiger partial charge in [0.25, 0.3) is 0 Å². The number of rotatable bonds is 14. The zero-order valence-corrected chi connectivity index (χ0v) is 15.3. The van der Waals surface area contributed by atoms with E-state index in [2.05, 4.69) is 36.7 Å². The topological polar surface area (TPSA) is 0 Å². The minimum Gasteiger partial charge on any atom is -0.0925 e. The molecule has 19 heavy (non-hydrogen) atoms. The van der Waals surface area contributed by atoms with E-state index < -0.39 is 0 Å². The van der Waals surface area contributed by atoms with Gasteiger partial charge >= 0.3 is 0 Å². The molecule has 0 saturated heterocycles. The van der Waals surface area contributed by atoms with Gasteiger partial charge in [-0.25, -0.2) is 0 Å². The third-order valence-corrected chi connectivity index (χ3v) is 5.37. The lowest BCUT2D eigenvalue weighted by atomic mass is 9.89. The summed E-state index contributed by atoms with van der Waals surface area (Å²) < 4.78 is 0. The van der Waals surface area contributed by atoms with E-state index in [0.29, 0.717) is 0 Å². The van der Waals surface area contributed by atoms with Crippen LogP contribution in [0.1, 0.15) is 97.8 Å². The molecule has 0 aliphatic carbocycles. The van der Waals surface area contributed by atoms with Crippen LogP contribution in [0.25, 0.3) is 0 Å². The van der Waals surface area contributed by atoms with Crippen LogP contribution in [0.2, 0.25) is 0 Å². The molecular weight excluding hydrogens is 296 g/mol. The van der Waals surface area contributed by atoms with Crippen LogP contribution < -0.4 is 0 Å². The molecule has 0 aliphatic heterocycles. The average molecular weight is 333 g/mol. The number of hydrogen-bond acceptors (Lipinski definition) is 0. The molecule has 0 radical (unpaired) electrons. The zero-order valence-electron chi connectivity index (χ0n) is 13.7. The maximum absolute atomic E-state index is 3.65. The normalized spacial score (nSPS) is 13.1. The third kappa shape index (κ3) is 12.0. The lowest BCUT2D eigenvalue weighted by molar-refractivity contribution is 0.358. The minimum absolute atomic E-state index is 0.909. The number of hydrogen-bond donors (Lipinski definition) is 0. The van der Waals surface area contributed by atoms with Gasteiger partial charge in [0, 0.05) is 5.33 Å². The molecule has 0 aromatic heterocycles. The zero-order chi connectivity index (χ0) is 14.3.